The zero-order valence-corrected chi connectivity index (χ0v) is 8.84. The van der Waals surface area contributed by atoms with Crippen molar-refractivity contribution in [2.24, 2.45) is 0 Å². The Bertz CT molecular complexity index is 530. The van der Waals surface area contributed by atoms with Crippen LogP contribution in [0.25, 0.3) is 11.4 Å². The summed E-state index contributed by atoms with van der Waals surface area (Å²) < 4.78 is 5.14. The highest BCUT2D eigenvalue weighted by atomic mass is 35.5. The monoisotopic (exact) mass is 224 g/mol. The fourth-order valence-corrected chi connectivity index (χ4v) is 1.47. The number of nitrogens with zero attached hydrogens (tertiary/aromatic N) is 1. The lowest BCUT2D eigenvalue weighted by atomic mass is 10.2. The van der Waals surface area contributed by atoms with Crippen LogP contribution in [0.15, 0.2) is 27.6 Å². The molecule has 0 aliphatic rings. The van der Waals surface area contributed by atoms with Crippen LogP contribution in [0.2, 0.25) is 0 Å². The number of aryl methyl sites for hydroxylation is 1. The molecule has 15 heavy (non-hydrogen) atoms. The second-order valence-corrected chi connectivity index (χ2v) is 3.38. The Hall–Kier alpha value is -1.55. The third kappa shape index (κ3) is 1.94. The summed E-state index contributed by atoms with van der Waals surface area (Å²) in [4.78, 5) is 18.1. The molecule has 2 rings (SSSR count). The number of halogens is 1. The van der Waals surface area contributed by atoms with Crippen molar-refractivity contribution in [1.29, 1.82) is 0 Å². The topological polar surface area (TPSA) is 58.9 Å². The molecule has 2 heterocycles. The number of nitrogens with one attached hydrogen (secondary N) is 1. The first kappa shape index (κ1) is 9.98. The van der Waals surface area contributed by atoms with E-state index in [4.69, 9.17) is 16.0 Å². The van der Waals surface area contributed by atoms with Gasteiger partial charge in [0, 0.05) is 6.07 Å². The van der Waals surface area contributed by atoms with Gasteiger partial charge < -0.3 is 9.40 Å². The van der Waals surface area contributed by atoms with E-state index < -0.39 is 0 Å². The Balaban J connectivity index is 2.58. The molecule has 0 fully saturated rings. The van der Waals surface area contributed by atoms with Crippen molar-refractivity contribution in [2.75, 3.05) is 0 Å². The predicted molar refractivity (Wildman–Crippen MR) is 56.9 cm³/mol. The summed E-state index contributed by atoms with van der Waals surface area (Å²) in [5.41, 5.74) is 1.12. The number of hydrogen-bond donors (Lipinski definition) is 1. The molecule has 0 unspecified atom stereocenters. The summed E-state index contributed by atoms with van der Waals surface area (Å²) >= 11 is 5.63. The van der Waals surface area contributed by atoms with Gasteiger partial charge in [-0.25, -0.2) is 4.98 Å². The highest BCUT2D eigenvalue weighted by molar-refractivity contribution is 6.16. The van der Waals surface area contributed by atoms with Gasteiger partial charge in [-0.1, -0.05) is 0 Å². The molecule has 0 saturated carbocycles. The summed E-state index contributed by atoms with van der Waals surface area (Å²) in [5.74, 6) is 1.42. The minimum Gasteiger partial charge on any atom is -0.469 e. The molecule has 0 atom stereocenters. The van der Waals surface area contributed by atoms with Crippen LogP contribution in [0, 0.1) is 6.92 Å². The Labute approximate surface area is 90.9 Å². The van der Waals surface area contributed by atoms with Crippen LogP contribution in [0.3, 0.4) is 0 Å². The molecule has 0 aliphatic heterocycles. The number of aromatic nitrogens is 2. The lowest BCUT2D eigenvalue weighted by Crippen LogP contribution is -2.09. The maximum absolute atomic E-state index is 11.3. The molecule has 0 aromatic carbocycles. The number of rotatable bonds is 2. The van der Waals surface area contributed by atoms with E-state index in [0.717, 1.165) is 5.56 Å². The van der Waals surface area contributed by atoms with Crippen LogP contribution in [-0.4, -0.2) is 9.97 Å². The van der Waals surface area contributed by atoms with Gasteiger partial charge >= 0.3 is 0 Å². The van der Waals surface area contributed by atoms with Crippen LogP contribution in [-0.2, 0) is 5.88 Å². The zero-order chi connectivity index (χ0) is 10.8. The average Bonchev–Trinajstić information content (AvgIpc) is 2.63. The molecule has 1 N–H and O–H groups in total. The average molecular weight is 225 g/mol. The van der Waals surface area contributed by atoms with Crippen molar-refractivity contribution in [3.63, 3.8) is 0 Å². The summed E-state index contributed by atoms with van der Waals surface area (Å²) in [6.45, 7) is 1.81. The summed E-state index contributed by atoms with van der Waals surface area (Å²) in [7, 11) is 0. The molecule has 0 radical (unpaired) electrons. The third-order valence-corrected chi connectivity index (χ3v) is 2.32. The normalized spacial score (nSPS) is 10.5. The van der Waals surface area contributed by atoms with Crippen molar-refractivity contribution in [2.45, 2.75) is 12.8 Å². The minimum absolute atomic E-state index is 0.212. The van der Waals surface area contributed by atoms with Crippen molar-refractivity contribution >= 4 is 11.6 Å². The van der Waals surface area contributed by atoms with Crippen LogP contribution < -0.4 is 5.56 Å². The highest BCUT2D eigenvalue weighted by Crippen LogP contribution is 2.19. The van der Waals surface area contributed by atoms with Gasteiger partial charge in [-0.2, -0.15) is 0 Å². The van der Waals surface area contributed by atoms with Crippen LogP contribution >= 0.6 is 11.6 Å². The second kappa shape index (κ2) is 3.90. The molecule has 0 bridgehead atoms. The Kier molecular flexibility index (Phi) is 2.60. The number of H-pyrrole nitrogens is 1. The van der Waals surface area contributed by atoms with Gasteiger partial charge in [0.15, 0.2) is 0 Å². The predicted octanol–water partition coefficient (Wildman–Crippen LogP) is 2.08. The molecule has 4 nitrogen and oxygen atoms in total. The lowest BCUT2D eigenvalue weighted by molar-refractivity contribution is 0.535. The van der Waals surface area contributed by atoms with E-state index in [1.165, 1.54) is 6.07 Å². The molecular formula is C10H9ClN2O2. The molecule has 2 aromatic heterocycles. The zero-order valence-electron chi connectivity index (χ0n) is 8.08. The van der Waals surface area contributed by atoms with Gasteiger partial charge in [0.2, 0.25) is 0 Å². The lowest BCUT2D eigenvalue weighted by Gasteiger charge is -2.00. The minimum atomic E-state index is -0.212. The molecule has 0 spiro atoms. The fraction of sp³-hybridized carbons (Fsp3) is 0.200. The van der Waals surface area contributed by atoms with E-state index in [1.54, 1.807) is 12.3 Å². The van der Waals surface area contributed by atoms with E-state index in [9.17, 15) is 4.79 Å². The second-order valence-electron chi connectivity index (χ2n) is 3.11. The highest BCUT2D eigenvalue weighted by Gasteiger charge is 2.08. The molecule has 2 aromatic rings. The summed E-state index contributed by atoms with van der Waals surface area (Å²) in [5, 5.41) is 0. The van der Waals surface area contributed by atoms with Gasteiger partial charge in [0.05, 0.1) is 23.4 Å². The first-order valence-corrected chi connectivity index (χ1v) is 4.95. The van der Waals surface area contributed by atoms with Crippen molar-refractivity contribution in [3.05, 3.63) is 40.2 Å². The molecule has 0 aliphatic carbocycles. The third-order valence-electron chi connectivity index (χ3n) is 2.05. The number of hydrogen-bond acceptors (Lipinski definition) is 3. The van der Waals surface area contributed by atoms with Crippen LogP contribution in [0.5, 0.6) is 0 Å². The maximum Gasteiger partial charge on any atom is 0.251 e. The van der Waals surface area contributed by atoms with E-state index in [2.05, 4.69) is 9.97 Å². The number of alkyl halides is 1. The van der Waals surface area contributed by atoms with E-state index in [-0.39, 0.29) is 11.4 Å². The van der Waals surface area contributed by atoms with Crippen LogP contribution in [0.4, 0.5) is 0 Å². The van der Waals surface area contributed by atoms with Crippen molar-refractivity contribution in [1.82, 2.24) is 9.97 Å². The van der Waals surface area contributed by atoms with Crippen molar-refractivity contribution < 1.29 is 4.42 Å². The Morgan fingerprint density at radius 1 is 1.60 bits per heavy atom. The van der Waals surface area contributed by atoms with E-state index in [1.807, 2.05) is 6.92 Å². The van der Waals surface area contributed by atoms with Gasteiger partial charge in [0.25, 0.3) is 5.56 Å². The first-order chi connectivity index (χ1) is 7.20. The van der Waals surface area contributed by atoms with Crippen molar-refractivity contribution in [3.8, 4) is 11.4 Å². The van der Waals surface area contributed by atoms with E-state index in [0.29, 0.717) is 17.3 Å². The van der Waals surface area contributed by atoms with Gasteiger partial charge in [0.1, 0.15) is 11.6 Å². The quantitative estimate of drug-likeness (QED) is 0.795. The standard InChI is InChI=1S/C10H9ClN2O2/c1-6-8(2-3-15-6)10-12-7(5-11)4-9(14)13-10/h2-4H,5H2,1H3,(H,12,13,14). The largest absolute Gasteiger partial charge is 0.469 e. The molecule has 0 saturated heterocycles. The SMILES string of the molecule is Cc1occc1-c1nc(CCl)cc(=O)[nH]1. The number of aromatic amines is 1. The maximum atomic E-state index is 11.3. The summed E-state index contributed by atoms with van der Waals surface area (Å²) in [6, 6.07) is 3.14. The Morgan fingerprint density at radius 2 is 2.40 bits per heavy atom. The molecular weight excluding hydrogens is 216 g/mol. The van der Waals surface area contributed by atoms with Gasteiger partial charge in [-0.15, -0.1) is 11.6 Å². The molecule has 5 heteroatoms. The first-order valence-electron chi connectivity index (χ1n) is 4.41. The molecule has 78 valence electrons. The Morgan fingerprint density at radius 3 is 3.00 bits per heavy atom. The van der Waals surface area contributed by atoms with Gasteiger partial charge in [-0.3, -0.25) is 4.79 Å². The van der Waals surface area contributed by atoms with E-state index >= 15 is 0 Å². The van der Waals surface area contributed by atoms with Gasteiger partial charge in [-0.05, 0) is 13.0 Å². The summed E-state index contributed by atoms with van der Waals surface area (Å²) in [6.07, 6.45) is 1.55. The smallest absolute Gasteiger partial charge is 0.251 e. The van der Waals surface area contributed by atoms with Crippen LogP contribution in [0.1, 0.15) is 11.5 Å². The fourth-order valence-electron chi connectivity index (χ4n) is 1.33. The molecule has 0 amide bonds. The number of furan rings is 1.